The molecule has 0 saturated carbocycles. The number of likely N-dealkylation sites (tertiary alicyclic amines) is 1. The van der Waals surface area contributed by atoms with Gasteiger partial charge in [0.1, 0.15) is 5.82 Å². The van der Waals surface area contributed by atoms with Crippen LogP contribution in [0.25, 0.3) is 0 Å². The van der Waals surface area contributed by atoms with Gasteiger partial charge in [-0.2, -0.15) is 0 Å². The van der Waals surface area contributed by atoms with Crippen molar-refractivity contribution in [3.8, 4) is 11.5 Å². The van der Waals surface area contributed by atoms with Crippen molar-refractivity contribution in [3.63, 3.8) is 0 Å². The van der Waals surface area contributed by atoms with Crippen LogP contribution in [0.15, 0.2) is 42.5 Å². The number of aliphatic hydroxyl groups is 1. The summed E-state index contributed by atoms with van der Waals surface area (Å²) in [6.45, 7) is 2.60. The summed E-state index contributed by atoms with van der Waals surface area (Å²) in [6.07, 6.45) is 1.73. The third-order valence-electron chi connectivity index (χ3n) is 5.35. The van der Waals surface area contributed by atoms with Gasteiger partial charge in [-0.25, -0.2) is 4.39 Å². The largest absolute Gasteiger partial charge is 0.493 e. The van der Waals surface area contributed by atoms with Gasteiger partial charge < -0.3 is 19.5 Å². The molecule has 0 aliphatic carbocycles. The van der Waals surface area contributed by atoms with Gasteiger partial charge >= 0.3 is 0 Å². The van der Waals surface area contributed by atoms with E-state index in [1.165, 1.54) is 25.3 Å². The van der Waals surface area contributed by atoms with Gasteiger partial charge in [-0.1, -0.05) is 24.3 Å². The first-order chi connectivity index (χ1) is 14.3. The van der Waals surface area contributed by atoms with Crippen molar-refractivity contribution in [1.82, 2.24) is 4.90 Å². The molecule has 0 radical (unpaired) electrons. The molecule has 1 saturated heterocycles. The first-order valence-corrected chi connectivity index (χ1v) is 9.27. The van der Waals surface area contributed by atoms with Gasteiger partial charge in [0.05, 0.1) is 24.4 Å². The molecule has 1 heterocycles. The molecule has 0 unspecified atom stereocenters. The summed E-state index contributed by atoms with van der Waals surface area (Å²) in [7, 11) is -1.15. The summed E-state index contributed by atoms with van der Waals surface area (Å²) in [5.41, 5.74) is 1.65. The number of benzene rings is 2. The summed E-state index contributed by atoms with van der Waals surface area (Å²) < 4.78 is 45.4. The van der Waals surface area contributed by atoms with Gasteiger partial charge in [-0.05, 0) is 62.0 Å². The number of ether oxygens (including phenoxy) is 2. The third kappa shape index (κ3) is 4.79. The number of rotatable bonds is 7. The molecule has 1 fully saturated rings. The zero-order valence-corrected chi connectivity index (χ0v) is 15.5. The molecule has 1 aliphatic heterocycles. The predicted octanol–water partition coefficient (Wildman–Crippen LogP) is 3.83. The fourth-order valence-electron chi connectivity index (χ4n) is 3.75. The van der Waals surface area contributed by atoms with Crippen LogP contribution >= 0.6 is 0 Å². The Kier molecular flexibility index (Phi) is 5.42. The zero-order chi connectivity index (χ0) is 21.7. The van der Waals surface area contributed by atoms with Crippen molar-refractivity contribution in [2.75, 3.05) is 33.8 Å². The molecule has 146 valence electrons. The minimum absolute atomic E-state index is 0.0454. The SMILES string of the molecule is [2H]C([2H])([2H])Oc1cccc([C@H](O)C2CCN(CCc3ccc(F)cc3)CC2)c1OC. The summed E-state index contributed by atoms with van der Waals surface area (Å²) >= 11 is 0. The number of piperidine rings is 1. The van der Waals surface area contributed by atoms with Gasteiger partial charge in [0.15, 0.2) is 11.5 Å². The van der Waals surface area contributed by atoms with Crippen LogP contribution in [0.2, 0.25) is 0 Å². The Bertz CT molecular complexity index is 821. The lowest BCUT2D eigenvalue weighted by molar-refractivity contribution is 0.0573. The molecule has 1 N–H and O–H groups in total. The van der Waals surface area contributed by atoms with Crippen LogP contribution in [0.4, 0.5) is 4.39 Å². The molecular weight excluding hydrogens is 345 g/mol. The molecule has 4 nitrogen and oxygen atoms in total. The van der Waals surface area contributed by atoms with Gasteiger partial charge in [-0.15, -0.1) is 0 Å². The second-order valence-corrected chi connectivity index (χ2v) is 6.98. The maximum absolute atomic E-state index is 13.0. The first kappa shape index (κ1) is 15.9. The lowest BCUT2D eigenvalue weighted by Gasteiger charge is -2.34. The second kappa shape index (κ2) is 9.20. The van der Waals surface area contributed by atoms with Gasteiger partial charge in [0.25, 0.3) is 0 Å². The number of hydrogen-bond acceptors (Lipinski definition) is 4. The highest BCUT2D eigenvalue weighted by atomic mass is 19.1. The fraction of sp³-hybridized carbons (Fsp3) is 0.455. The third-order valence-corrected chi connectivity index (χ3v) is 5.35. The predicted molar refractivity (Wildman–Crippen MR) is 104 cm³/mol. The quantitative estimate of drug-likeness (QED) is 0.797. The maximum Gasteiger partial charge on any atom is 0.166 e. The number of halogens is 1. The van der Waals surface area contributed by atoms with E-state index in [1.807, 2.05) is 12.1 Å². The molecular formula is C22H28FNO3. The average molecular weight is 376 g/mol. The Morgan fingerprint density at radius 2 is 1.93 bits per heavy atom. The van der Waals surface area contributed by atoms with E-state index in [-0.39, 0.29) is 23.2 Å². The Hall–Kier alpha value is -2.11. The molecule has 1 aliphatic rings. The molecule has 0 spiro atoms. The molecule has 0 aromatic heterocycles. The molecule has 0 bridgehead atoms. The van der Waals surface area contributed by atoms with Crippen molar-refractivity contribution in [3.05, 3.63) is 59.4 Å². The van der Waals surface area contributed by atoms with Crippen molar-refractivity contribution in [2.45, 2.75) is 25.4 Å². The van der Waals surface area contributed by atoms with E-state index in [2.05, 4.69) is 4.90 Å². The van der Waals surface area contributed by atoms with Crippen molar-refractivity contribution in [2.24, 2.45) is 5.92 Å². The van der Waals surface area contributed by atoms with Crippen LogP contribution in [0.3, 0.4) is 0 Å². The van der Waals surface area contributed by atoms with Crippen molar-refractivity contribution in [1.29, 1.82) is 0 Å². The highest BCUT2D eigenvalue weighted by Gasteiger charge is 2.28. The summed E-state index contributed by atoms with van der Waals surface area (Å²) in [5, 5.41) is 11.0. The Balaban J connectivity index is 1.59. The van der Waals surface area contributed by atoms with E-state index in [4.69, 9.17) is 13.6 Å². The minimum Gasteiger partial charge on any atom is -0.493 e. The second-order valence-electron chi connectivity index (χ2n) is 6.98. The highest BCUT2D eigenvalue weighted by molar-refractivity contribution is 5.47. The lowest BCUT2D eigenvalue weighted by Crippen LogP contribution is -2.36. The Labute approximate surface area is 164 Å². The molecule has 27 heavy (non-hydrogen) atoms. The lowest BCUT2D eigenvalue weighted by atomic mass is 9.87. The Morgan fingerprint density at radius 3 is 2.59 bits per heavy atom. The van der Waals surface area contributed by atoms with Crippen LogP contribution in [-0.4, -0.2) is 43.8 Å². The van der Waals surface area contributed by atoms with E-state index in [0.717, 1.165) is 44.5 Å². The summed E-state index contributed by atoms with van der Waals surface area (Å²) in [5.74, 6) is 0.187. The van der Waals surface area contributed by atoms with Gasteiger partial charge in [-0.3, -0.25) is 0 Å². The Morgan fingerprint density at radius 1 is 1.19 bits per heavy atom. The molecule has 5 heteroatoms. The number of methoxy groups -OCH3 is 2. The van der Waals surface area contributed by atoms with Crippen LogP contribution < -0.4 is 9.47 Å². The monoisotopic (exact) mass is 376 g/mol. The number of para-hydroxylation sites is 1. The topological polar surface area (TPSA) is 41.9 Å². The van der Waals surface area contributed by atoms with E-state index in [0.29, 0.717) is 5.56 Å². The highest BCUT2D eigenvalue weighted by Crippen LogP contribution is 2.39. The molecule has 2 aromatic carbocycles. The standard InChI is InChI=1S/C22H28FNO3/c1-26-20-5-3-4-19(22(20)27-2)21(25)17-11-14-24(15-12-17)13-10-16-6-8-18(23)9-7-16/h3-9,17,21,25H,10-15H2,1-2H3/t21-/m1/s1/i1D3. The van der Waals surface area contributed by atoms with Crippen LogP contribution in [0, 0.1) is 11.7 Å². The van der Waals surface area contributed by atoms with Crippen LogP contribution in [0.5, 0.6) is 11.5 Å². The fourth-order valence-corrected chi connectivity index (χ4v) is 3.75. The molecule has 2 aromatic rings. The first-order valence-electron chi connectivity index (χ1n) is 10.8. The summed E-state index contributed by atoms with van der Waals surface area (Å²) in [4.78, 5) is 2.35. The zero-order valence-electron chi connectivity index (χ0n) is 18.5. The van der Waals surface area contributed by atoms with E-state index >= 15 is 0 Å². The van der Waals surface area contributed by atoms with Gasteiger partial charge in [0, 0.05) is 12.1 Å². The summed E-state index contributed by atoms with van der Waals surface area (Å²) in [6, 6.07) is 11.5. The van der Waals surface area contributed by atoms with Crippen LogP contribution in [0.1, 0.15) is 34.2 Å². The molecule has 0 amide bonds. The molecule has 3 rings (SSSR count). The van der Waals surface area contributed by atoms with Crippen LogP contribution in [-0.2, 0) is 6.42 Å². The number of nitrogens with zero attached hydrogens (tertiary/aromatic N) is 1. The average Bonchev–Trinajstić information content (AvgIpc) is 2.72. The van der Waals surface area contributed by atoms with Gasteiger partial charge in [0.2, 0.25) is 0 Å². The van der Waals surface area contributed by atoms with E-state index in [9.17, 15) is 9.50 Å². The van der Waals surface area contributed by atoms with E-state index in [1.54, 1.807) is 12.1 Å². The number of aliphatic hydroxyl groups excluding tert-OH is 1. The number of hydrogen-bond donors (Lipinski definition) is 1. The smallest absolute Gasteiger partial charge is 0.166 e. The van der Waals surface area contributed by atoms with Crippen molar-refractivity contribution >= 4 is 0 Å². The molecule has 1 atom stereocenters. The van der Waals surface area contributed by atoms with E-state index < -0.39 is 13.1 Å². The van der Waals surface area contributed by atoms with Crippen molar-refractivity contribution < 1.29 is 23.1 Å². The minimum atomic E-state index is -2.59. The normalized spacial score (nSPS) is 19.0. The maximum atomic E-state index is 13.0.